The van der Waals surface area contributed by atoms with Gasteiger partial charge in [-0.05, 0) is 256 Å². The van der Waals surface area contributed by atoms with Gasteiger partial charge in [-0.25, -0.2) is 4.98 Å². The first-order valence-corrected chi connectivity index (χ1v) is 53.2. The van der Waals surface area contributed by atoms with Gasteiger partial charge >= 0.3 is 7.12 Å². The Morgan fingerprint density at radius 3 is 0.816 bits per heavy atom. The molecule has 688 valence electrons. The number of nitrogens with zero attached hydrogens (tertiary/aromatic N) is 2. The summed E-state index contributed by atoms with van der Waals surface area (Å²) in [4.78, 5) is 8.65. The van der Waals surface area contributed by atoms with Gasteiger partial charge in [0.15, 0.2) is 0 Å². The van der Waals surface area contributed by atoms with Crippen molar-refractivity contribution in [1.82, 2.24) is 9.97 Å². The number of aromatic nitrogens is 2. The summed E-state index contributed by atoms with van der Waals surface area (Å²) in [5.41, 5.74) is 8.52. The van der Waals surface area contributed by atoms with E-state index in [9.17, 15) is 0 Å². The molecule has 2 saturated carbocycles. The predicted octanol–water partition coefficient (Wildman–Crippen LogP) is 29.2. The molecule has 2 aromatic heterocycles. The monoisotopic (exact) mass is 2000 g/mol. The van der Waals surface area contributed by atoms with E-state index in [1.807, 2.05) is 42.6 Å². The largest absolute Gasteiger partial charge is 0.494 e. The fraction of sp³-hybridized carbons (Fsp3) is 0.171. The second-order valence-electron chi connectivity index (χ2n) is 34.9. The van der Waals surface area contributed by atoms with Crippen molar-refractivity contribution in [3.8, 4) is 11.3 Å². The van der Waals surface area contributed by atoms with Gasteiger partial charge in [-0.2, -0.15) is 0 Å². The minimum absolute atomic E-state index is 0. The van der Waals surface area contributed by atoms with Gasteiger partial charge in [-0.15, -0.1) is 0 Å². The van der Waals surface area contributed by atoms with E-state index in [2.05, 4.69) is 453 Å². The van der Waals surface area contributed by atoms with E-state index in [4.69, 9.17) is 49.1 Å². The molecule has 13 heteroatoms. The van der Waals surface area contributed by atoms with E-state index >= 15 is 0 Å². The van der Waals surface area contributed by atoms with Crippen LogP contribution in [0.2, 0.25) is 15.2 Å². The maximum absolute atomic E-state index is 6.23. The Morgan fingerprint density at radius 2 is 0.529 bits per heavy atom. The van der Waals surface area contributed by atoms with Crippen LogP contribution in [0.4, 0.5) is 0 Å². The summed E-state index contributed by atoms with van der Waals surface area (Å²) >= 11 is 17.8. The Morgan fingerprint density at radius 1 is 0.279 bits per heavy atom. The van der Waals surface area contributed by atoms with E-state index in [1.54, 1.807) is 12.3 Å². The number of pyridine rings is 2. The first-order chi connectivity index (χ1) is 65.6. The zero-order chi connectivity index (χ0) is 92.7. The average molecular weight is 2010 g/mol. The van der Waals surface area contributed by atoms with Crippen LogP contribution in [-0.4, -0.2) is 28.3 Å². The van der Waals surface area contributed by atoms with Gasteiger partial charge in [0.2, 0.25) is 0 Å². The number of rotatable bonds is 16. The first-order valence-electron chi connectivity index (χ1n) is 46.7. The van der Waals surface area contributed by atoms with E-state index in [0.29, 0.717) is 16.1 Å². The van der Waals surface area contributed by atoms with Crippen molar-refractivity contribution < 1.29 is 29.7 Å². The second-order valence-corrected chi connectivity index (χ2v) is 45.0. The molecule has 0 bridgehead atoms. The summed E-state index contributed by atoms with van der Waals surface area (Å²) in [5, 5.41) is 23.0. The van der Waals surface area contributed by atoms with E-state index in [1.165, 1.54) is 167 Å². The molecule has 1 saturated heterocycles. The molecule has 4 nitrogen and oxygen atoms in total. The van der Waals surface area contributed by atoms with Crippen LogP contribution in [0.25, 0.3) is 32.8 Å². The smallest absolute Gasteiger partial charge is 0.399 e. The molecule has 136 heavy (non-hydrogen) atoms. The van der Waals surface area contributed by atoms with Crippen LogP contribution in [-0.2, 0) is 29.7 Å². The maximum atomic E-state index is 6.23. The summed E-state index contributed by atoms with van der Waals surface area (Å²) in [6.07, 6.45) is 17.1. The summed E-state index contributed by atoms with van der Waals surface area (Å²) in [7, 11) is -2.03. The van der Waals surface area contributed by atoms with E-state index in [-0.39, 0.29) is 46.2 Å². The molecule has 0 amide bonds. The van der Waals surface area contributed by atoms with Crippen LogP contribution >= 0.6 is 66.5 Å². The summed E-state index contributed by atoms with van der Waals surface area (Å²) in [6.45, 7) is 12.8. The molecule has 2 aliphatic carbocycles. The molecule has 0 N–H and O–H groups in total. The normalized spacial score (nSPS) is 13.6. The van der Waals surface area contributed by atoms with Gasteiger partial charge in [-0.3, -0.25) is 4.98 Å². The van der Waals surface area contributed by atoms with Crippen LogP contribution < -0.4 is 69.1 Å². The maximum Gasteiger partial charge on any atom is 0.494 e. The number of aryl methyl sites for hydroxylation is 2. The van der Waals surface area contributed by atoms with Gasteiger partial charge in [-0.1, -0.05) is 486 Å². The zero-order valence-corrected chi connectivity index (χ0v) is 85.0. The van der Waals surface area contributed by atoms with Gasteiger partial charge < -0.3 is 9.31 Å². The third-order valence-electron chi connectivity index (χ3n) is 24.8. The first kappa shape index (κ1) is 103. The Kier molecular flexibility index (Phi) is 39.7. The third-order valence-corrected chi connectivity index (χ3v) is 35.3. The SMILES string of the molecule is C.Cc1cc(-c2nccc3cc(Cl)ccc23)cc(C2CCCCC2)c1.Cc1cc(B2OC(C)(C)C(C)(C)O2)cc(C2CCCCC2)c1.Clc1ccc2c(Cl)nccc2c1.[Pd].c1ccc(P(c2ccccc2)c2ccccc2)cc1.c1ccc(P(c2ccccc2)c2ccccc2)cc1.c1ccc(P(c2ccccc2)c2ccccc2)cc1.c1ccc(P(c2ccccc2)c2ccccc2)cc1. The van der Waals surface area contributed by atoms with Crippen LogP contribution in [0.5, 0.6) is 0 Å². The molecular weight excluding hydrogens is 1880 g/mol. The summed E-state index contributed by atoms with van der Waals surface area (Å²) < 4.78 is 12.5. The fourth-order valence-corrected chi connectivity index (χ4v) is 27.3. The Labute approximate surface area is 843 Å². The van der Waals surface area contributed by atoms with Crippen LogP contribution in [0, 0.1) is 13.8 Å². The standard InChI is InChI=1S/C22H22ClN.C19H29BO2.4C18H15P.C9H5Cl2N.CH4.Pd/c1-15-11-18(16-5-3-2-4-6-16)13-19(12-15)22-21-8-7-20(23)14-17(21)9-10-24-22;1-14-11-16(15-9-7-6-8-10-15)13-17(12-14)20-21-18(2,3)19(4,5)22-20;4*1-4-10-16(11-5-1)19(17-12-6-2-7-13-17)18-14-8-3-9-15-18;10-7-1-2-8-6(5-7)3-4-12-9(8)11;;/h7-14,16H,2-6H2,1H3;11-13,15H,6-10H2,1-5H3;4*1-15H;1-5H;1H4;. The number of fused-ring (bicyclic) bond motifs is 2. The quantitative estimate of drug-likeness (QED) is 0.0549. The van der Waals surface area contributed by atoms with Gasteiger partial charge in [0.05, 0.1) is 16.9 Å². The topological polar surface area (TPSA) is 44.2 Å². The van der Waals surface area contributed by atoms with Crippen molar-refractivity contribution in [2.24, 2.45) is 0 Å². The average Bonchev–Trinajstić information content (AvgIpc) is 1.64. The van der Waals surface area contributed by atoms with Gasteiger partial charge in [0, 0.05) is 59.2 Å². The molecule has 1 aliphatic heterocycles. The van der Waals surface area contributed by atoms with E-state index in [0.717, 1.165) is 32.8 Å². The second kappa shape index (κ2) is 52.4. The molecule has 3 aliphatic rings. The third kappa shape index (κ3) is 28.6. The van der Waals surface area contributed by atoms with Crippen LogP contribution in [0.1, 0.15) is 133 Å². The zero-order valence-electron chi connectivity index (χ0n) is 77.6. The molecule has 0 unspecified atom stereocenters. The summed E-state index contributed by atoms with van der Waals surface area (Å²) in [6, 6.07) is 159. The van der Waals surface area contributed by atoms with Crippen LogP contribution in [0.15, 0.2) is 461 Å². The molecule has 21 rings (SSSR count). The molecule has 3 fully saturated rings. The van der Waals surface area contributed by atoms with Crippen LogP contribution in [0.3, 0.4) is 0 Å². The molecule has 18 aromatic rings. The minimum Gasteiger partial charge on any atom is -0.399 e. The number of hydrogen-bond donors (Lipinski definition) is 0. The van der Waals surface area contributed by atoms with Crippen molar-refractivity contribution >= 4 is 164 Å². The molecule has 0 spiro atoms. The fourth-order valence-electron chi connectivity index (χ4n) is 17.5. The molecule has 0 atom stereocenters. The number of halogens is 3. The Balaban J connectivity index is 0.000000135. The molecule has 16 aromatic carbocycles. The van der Waals surface area contributed by atoms with E-state index < -0.39 is 31.7 Å². The van der Waals surface area contributed by atoms with Crippen molar-refractivity contribution in [3.63, 3.8) is 0 Å². The van der Waals surface area contributed by atoms with Gasteiger partial charge in [0.25, 0.3) is 0 Å². The number of hydrogen-bond acceptors (Lipinski definition) is 4. The molecule has 0 radical (unpaired) electrons. The molecule has 3 heterocycles. The van der Waals surface area contributed by atoms with Crippen molar-refractivity contribution in [2.45, 2.75) is 136 Å². The number of benzene rings is 16. The van der Waals surface area contributed by atoms with Crippen molar-refractivity contribution in [2.75, 3.05) is 0 Å². The van der Waals surface area contributed by atoms with Gasteiger partial charge in [0.1, 0.15) is 5.15 Å². The predicted molar refractivity (Wildman–Crippen MR) is 595 cm³/mol. The molecular formula is C123H120BCl3N2O2P4Pd. The Hall–Kier alpha value is -10.4. The summed E-state index contributed by atoms with van der Waals surface area (Å²) in [5.74, 6) is 1.43. The Bertz CT molecular complexity index is 5730. The van der Waals surface area contributed by atoms with Crippen molar-refractivity contribution in [1.29, 1.82) is 0 Å². The van der Waals surface area contributed by atoms with Crippen molar-refractivity contribution in [3.05, 3.63) is 499 Å². The minimum atomic E-state index is -0.446.